The summed E-state index contributed by atoms with van der Waals surface area (Å²) in [6.45, 7) is 2.73. The lowest BCUT2D eigenvalue weighted by Crippen LogP contribution is -2.47. The SMILES string of the molecule is C[C@@H]1COCCN1C(=O)c1ccc(Br)cc1C(F)(F)F. The van der Waals surface area contributed by atoms with Gasteiger partial charge in [0.05, 0.1) is 30.4 Å². The molecule has 1 amide bonds. The van der Waals surface area contributed by atoms with Crippen LogP contribution in [0.15, 0.2) is 22.7 Å². The van der Waals surface area contributed by atoms with Crippen molar-refractivity contribution in [3.05, 3.63) is 33.8 Å². The van der Waals surface area contributed by atoms with Gasteiger partial charge < -0.3 is 9.64 Å². The van der Waals surface area contributed by atoms with Crippen molar-refractivity contribution in [1.29, 1.82) is 0 Å². The highest BCUT2D eigenvalue weighted by molar-refractivity contribution is 9.10. The van der Waals surface area contributed by atoms with Gasteiger partial charge >= 0.3 is 6.18 Å². The molecule has 0 bridgehead atoms. The fourth-order valence-corrected chi connectivity index (χ4v) is 2.48. The number of morpholine rings is 1. The second kappa shape index (κ2) is 5.73. The Kier molecular flexibility index (Phi) is 4.39. The van der Waals surface area contributed by atoms with Crippen LogP contribution in [0.25, 0.3) is 0 Å². The monoisotopic (exact) mass is 351 g/mol. The summed E-state index contributed by atoms with van der Waals surface area (Å²) in [4.78, 5) is 13.8. The molecule has 110 valence electrons. The van der Waals surface area contributed by atoms with Crippen LogP contribution in [0, 0.1) is 0 Å². The standard InChI is InChI=1S/C13H13BrF3NO2/c1-8-7-20-5-4-18(8)12(19)10-3-2-9(14)6-11(10)13(15,16)17/h2-3,6,8H,4-5,7H2,1H3/t8-/m1/s1. The lowest BCUT2D eigenvalue weighted by Gasteiger charge is -2.34. The fraction of sp³-hybridized carbons (Fsp3) is 0.462. The van der Waals surface area contributed by atoms with Crippen LogP contribution in [0.4, 0.5) is 13.2 Å². The Morgan fingerprint density at radius 1 is 1.45 bits per heavy atom. The molecule has 1 fully saturated rings. The van der Waals surface area contributed by atoms with Gasteiger partial charge in [-0.1, -0.05) is 15.9 Å². The maximum Gasteiger partial charge on any atom is 0.417 e. The third kappa shape index (κ3) is 3.15. The number of halogens is 4. The number of ether oxygens (including phenoxy) is 1. The molecule has 3 nitrogen and oxygen atoms in total. The van der Waals surface area contributed by atoms with Crippen molar-refractivity contribution in [2.24, 2.45) is 0 Å². The number of alkyl halides is 3. The molecule has 20 heavy (non-hydrogen) atoms. The zero-order valence-electron chi connectivity index (χ0n) is 10.7. The molecule has 0 unspecified atom stereocenters. The van der Waals surface area contributed by atoms with Gasteiger partial charge in [0.25, 0.3) is 5.91 Å². The van der Waals surface area contributed by atoms with E-state index in [0.29, 0.717) is 19.8 Å². The Bertz CT molecular complexity index is 519. The highest BCUT2D eigenvalue weighted by atomic mass is 79.9. The van der Waals surface area contributed by atoms with Gasteiger partial charge in [-0.15, -0.1) is 0 Å². The largest absolute Gasteiger partial charge is 0.417 e. The first-order valence-corrected chi connectivity index (χ1v) is 6.85. The Balaban J connectivity index is 2.39. The van der Waals surface area contributed by atoms with Gasteiger partial charge in [0.15, 0.2) is 0 Å². The normalized spacial score (nSPS) is 20.1. The van der Waals surface area contributed by atoms with E-state index in [0.717, 1.165) is 6.07 Å². The van der Waals surface area contributed by atoms with E-state index in [1.165, 1.54) is 17.0 Å². The minimum atomic E-state index is -4.57. The first kappa shape index (κ1) is 15.3. The molecule has 1 aromatic rings. The average molecular weight is 352 g/mol. The molecule has 0 aliphatic carbocycles. The molecule has 7 heteroatoms. The van der Waals surface area contributed by atoms with Crippen molar-refractivity contribution in [2.45, 2.75) is 19.1 Å². The Morgan fingerprint density at radius 2 is 2.15 bits per heavy atom. The number of benzene rings is 1. The molecule has 0 aromatic heterocycles. The summed E-state index contributed by atoms with van der Waals surface area (Å²) >= 11 is 3.00. The lowest BCUT2D eigenvalue weighted by molar-refractivity contribution is -0.138. The van der Waals surface area contributed by atoms with Crippen LogP contribution in [0.2, 0.25) is 0 Å². The zero-order chi connectivity index (χ0) is 14.9. The zero-order valence-corrected chi connectivity index (χ0v) is 12.3. The highest BCUT2D eigenvalue weighted by Gasteiger charge is 2.37. The molecule has 0 saturated carbocycles. The molecular formula is C13H13BrF3NO2. The number of amides is 1. The minimum absolute atomic E-state index is 0.235. The molecule has 1 aromatic carbocycles. The van der Waals surface area contributed by atoms with Crippen LogP contribution in [-0.4, -0.2) is 36.6 Å². The summed E-state index contributed by atoms with van der Waals surface area (Å²) in [6, 6.07) is 3.34. The predicted molar refractivity (Wildman–Crippen MR) is 70.5 cm³/mol. The van der Waals surface area contributed by atoms with E-state index in [1.807, 2.05) is 0 Å². The first-order chi connectivity index (χ1) is 9.30. The number of carbonyl (C=O) groups is 1. The van der Waals surface area contributed by atoms with Gasteiger partial charge in [-0.05, 0) is 25.1 Å². The molecule has 1 heterocycles. The fourth-order valence-electron chi connectivity index (χ4n) is 2.12. The minimum Gasteiger partial charge on any atom is -0.377 e. The molecule has 0 spiro atoms. The number of hydrogen-bond donors (Lipinski definition) is 0. The third-order valence-electron chi connectivity index (χ3n) is 3.15. The van der Waals surface area contributed by atoms with Gasteiger partial charge in [-0.2, -0.15) is 13.2 Å². The van der Waals surface area contributed by atoms with Gasteiger partial charge in [-0.3, -0.25) is 4.79 Å². The van der Waals surface area contributed by atoms with E-state index >= 15 is 0 Å². The molecule has 2 rings (SSSR count). The van der Waals surface area contributed by atoms with Crippen LogP contribution in [0.3, 0.4) is 0 Å². The van der Waals surface area contributed by atoms with Crippen molar-refractivity contribution < 1.29 is 22.7 Å². The van der Waals surface area contributed by atoms with Crippen LogP contribution in [0.5, 0.6) is 0 Å². The van der Waals surface area contributed by atoms with E-state index in [-0.39, 0.29) is 16.1 Å². The van der Waals surface area contributed by atoms with Gasteiger partial charge in [-0.25, -0.2) is 0 Å². The van der Waals surface area contributed by atoms with Crippen molar-refractivity contribution in [1.82, 2.24) is 4.90 Å². The second-order valence-corrected chi connectivity index (χ2v) is 5.53. The van der Waals surface area contributed by atoms with Gasteiger partial charge in [0.2, 0.25) is 0 Å². The number of hydrogen-bond acceptors (Lipinski definition) is 2. The van der Waals surface area contributed by atoms with E-state index in [1.54, 1.807) is 6.92 Å². The van der Waals surface area contributed by atoms with Crippen LogP contribution in [0.1, 0.15) is 22.8 Å². The summed E-state index contributed by atoms with van der Waals surface area (Å²) in [5.74, 6) is -0.611. The van der Waals surface area contributed by atoms with Crippen molar-refractivity contribution in [3.63, 3.8) is 0 Å². The maximum atomic E-state index is 13.0. The van der Waals surface area contributed by atoms with Gasteiger partial charge in [0.1, 0.15) is 0 Å². The molecule has 0 radical (unpaired) electrons. The quantitative estimate of drug-likeness (QED) is 0.776. The first-order valence-electron chi connectivity index (χ1n) is 6.06. The van der Waals surface area contributed by atoms with Crippen LogP contribution < -0.4 is 0 Å². The van der Waals surface area contributed by atoms with E-state index in [2.05, 4.69) is 15.9 Å². The lowest BCUT2D eigenvalue weighted by atomic mass is 10.0. The van der Waals surface area contributed by atoms with E-state index in [4.69, 9.17) is 4.74 Å². The Hall–Kier alpha value is -1.08. The number of nitrogens with zero attached hydrogens (tertiary/aromatic N) is 1. The highest BCUT2D eigenvalue weighted by Crippen LogP contribution is 2.34. The van der Waals surface area contributed by atoms with Crippen LogP contribution in [-0.2, 0) is 10.9 Å². The maximum absolute atomic E-state index is 13.0. The summed E-state index contributed by atoms with van der Waals surface area (Å²) < 4.78 is 44.6. The molecule has 1 atom stereocenters. The summed E-state index contributed by atoms with van der Waals surface area (Å²) in [6.07, 6.45) is -4.57. The van der Waals surface area contributed by atoms with E-state index in [9.17, 15) is 18.0 Å². The number of carbonyl (C=O) groups excluding carboxylic acids is 1. The molecule has 1 aliphatic rings. The van der Waals surface area contributed by atoms with Crippen molar-refractivity contribution in [2.75, 3.05) is 19.8 Å². The second-order valence-electron chi connectivity index (χ2n) is 4.61. The smallest absolute Gasteiger partial charge is 0.377 e. The topological polar surface area (TPSA) is 29.5 Å². The molecular weight excluding hydrogens is 339 g/mol. The summed E-state index contributed by atoms with van der Waals surface area (Å²) in [7, 11) is 0. The third-order valence-corrected chi connectivity index (χ3v) is 3.64. The van der Waals surface area contributed by atoms with Crippen molar-refractivity contribution in [3.8, 4) is 0 Å². The summed E-state index contributed by atoms with van der Waals surface area (Å²) in [5, 5.41) is 0. The van der Waals surface area contributed by atoms with Crippen LogP contribution >= 0.6 is 15.9 Å². The van der Waals surface area contributed by atoms with E-state index < -0.39 is 17.6 Å². The Labute approximate surface area is 122 Å². The molecule has 1 saturated heterocycles. The van der Waals surface area contributed by atoms with Crippen molar-refractivity contribution >= 4 is 21.8 Å². The predicted octanol–water partition coefficient (Wildman–Crippen LogP) is 3.33. The van der Waals surface area contributed by atoms with Gasteiger partial charge in [0, 0.05) is 11.0 Å². The average Bonchev–Trinajstić information content (AvgIpc) is 2.37. The Morgan fingerprint density at radius 3 is 2.75 bits per heavy atom. The molecule has 0 N–H and O–H groups in total. The molecule has 1 aliphatic heterocycles. The summed E-state index contributed by atoms with van der Waals surface area (Å²) in [5.41, 5.74) is -1.25. The number of rotatable bonds is 1.